The first-order chi connectivity index (χ1) is 6.36. The number of hydrogen-bond donors (Lipinski definition) is 1. The fraction of sp³-hybridized carbons (Fsp3) is 0.400. The number of hydrogen-bond acceptors (Lipinski definition) is 2. The van der Waals surface area contributed by atoms with Gasteiger partial charge in [-0.2, -0.15) is 0 Å². The number of benzene rings is 1. The molecule has 0 heterocycles. The molecule has 1 rings (SSSR count). The van der Waals surface area contributed by atoms with Gasteiger partial charge in [0.1, 0.15) is 11.6 Å². The van der Waals surface area contributed by atoms with Gasteiger partial charge in [-0.3, -0.25) is 0 Å². The van der Waals surface area contributed by atoms with E-state index in [1.54, 1.807) is 13.8 Å². The Hall–Kier alpha value is -0.800. The zero-order valence-corrected chi connectivity index (χ0v) is 9.02. The Morgan fingerprint density at radius 1 is 1.43 bits per heavy atom. The molecule has 0 aliphatic carbocycles. The highest BCUT2D eigenvalue weighted by atomic mass is 35.5. The molecular weight excluding hydrogens is 207 g/mol. The maximum atomic E-state index is 13.0. The van der Waals surface area contributed by atoms with Crippen molar-refractivity contribution in [1.29, 1.82) is 0 Å². The number of ether oxygens (including phenoxy) is 1. The third-order valence-corrected chi connectivity index (χ3v) is 2.15. The second-order valence-corrected chi connectivity index (χ2v) is 3.93. The normalized spacial score (nSPS) is 11.6. The fourth-order valence-corrected chi connectivity index (χ4v) is 1.51. The third kappa shape index (κ3) is 2.16. The Balaban J connectivity index is 3.40. The first kappa shape index (κ1) is 11.3. The van der Waals surface area contributed by atoms with Crippen molar-refractivity contribution >= 4 is 11.6 Å². The highest BCUT2D eigenvalue weighted by molar-refractivity contribution is 6.32. The van der Waals surface area contributed by atoms with Crippen molar-refractivity contribution in [2.24, 2.45) is 0 Å². The Kier molecular flexibility index (Phi) is 3.02. The van der Waals surface area contributed by atoms with Crippen LogP contribution >= 0.6 is 11.6 Å². The summed E-state index contributed by atoms with van der Waals surface area (Å²) in [5.74, 6) is -0.187. The van der Waals surface area contributed by atoms with Crippen LogP contribution < -0.4 is 4.74 Å². The quantitative estimate of drug-likeness (QED) is 0.827. The Morgan fingerprint density at radius 2 is 2.00 bits per heavy atom. The molecule has 1 aromatic rings. The molecule has 0 bridgehead atoms. The van der Waals surface area contributed by atoms with Gasteiger partial charge in [-0.1, -0.05) is 11.6 Å². The molecule has 0 aliphatic heterocycles. The minimum Gasteiger partial charge on any atom is -0.495 e. The summed E-state index contributed by atoms with van der Waals surface area (Å²) < 4.78 is 18.0. The number of rotatable bonds is 2. The molecule has 0 spiro atoms. The molecule has 0 saturated carbocycles. The second kappa shape index (κ2) is 3.75. The second-order valence-electron chi connectivity index (χ2n) is 3.53. The van der Waals surface area contributed by atoms with Crippen molar-refractivity contribution in [1.82, 2.24) is 0 Å². The molecule has 1 aromatic carbocycles. The number of halogens is 2. The van der Waals surface area contributed by atoms with Crippen molar-refractivity contribution in [3.05, 3.63) is 28.5 Å². The SMILES string of the molecule is COc1c(Cl)cc(F)cc1C(C)(C)O. The van der Waals surface area contributed by atoms with Crippen molar-refractivity contribution in [3.8, 4) is 5.75 Å². The van der Waals surface area contributed by atoms with Crippen LogP contribution in [-0.2, 0) is 5.60 Å². The molecule has 0 atom stereocenters. The minimum atomic E-state index is -1.18. The molecule has 78 valence electrons. The molecule has 1 N–H and O–H groups in total. The van der Waals surface area contributed by atoms with Crippen molar-refractivity contribution in [3.63, 3.8) is 0 Å². The van der Waals surface area contributed by atoms with Crippen LogP contribution in [0.2, 0.25) is 5.02 Å². The van der Waals surface area contributed by atoms with Crippen LogP contribution in [0.15, 0.2) is 12.1 Å². The topological polar surface area (TPSA) is 29.5 Å². The lowest BCUT2D eigenvalue weighted by Gasteiger charge is -2.21. The lowest BCUT2D eigenvalue weighted by molar-refractivity contribution is 0.0753. The fourth-order valence-electron chi connectivity index (χ4n) is 1.22. The molecule has 4 heteroatoms. The van der Waals surface area contributed by atoms with Gasteiger partial charge < -0.3 is 9.84 Å². The molecule has 0 aromatic heterocycles. The summed E-state index contributed by atoms with van der Waals surface area (Å²) in [4.78, 5) is 0. The molecular formula is C10H12ClFO2. The lowest BCUT2D eigenvalue weighted by atomic mass is 9.97. The van der Waals surface area contributed by atoms with Gasteiger partial charge >= 0.3 is 0 Å². The molecule has 0 amide bonds. The van der Waals surface area contributed by atoms with Gasteiger partial charge in [-0.05, 0) is 26.0 Å². The van der Waals surface area contributed by atoms with E-state index < -0.39 is 11.4 Å². The van der Waals surface area contributed by atoms with Gasteiger partial charge in [0.15, 0.2) is 0 Å². The Morgan fingerprint density at radius 3 is 2.43 bits per heavy atom. The maximum absolute atomic E-state index is 13.0. The van der Waals surface area contributed by atoms with Gasteiger partial charge in [0, 0.05) is 5.56 Å². The Bertz CT molecular complexity index is 345. The predicted octanol–water partition coefficient (Wildman–Crippen LogP) is 2.72. The van der Waals surface area contributed by atoms with E-state index in [4.69, 9.17) is 16.3 Å². The van der Waals surface area contributed by atoms with Gasteiger partial charge in [0.25, 0.3) is 0 Å². The monoisotopic (exact) mass is 218 g/mol. The van der Waals surface area contributed by atoms with Gasteiger partial charge in [-0.15, -0.1) is 0 Å². The number of aliphatic hydroxyl groups is 1. The van der Waals surface area contributed by atoms with E-state index in [1.165, 1.54) is 13.2 Å². The average Bonchev–Trinajstić information content (AvgIpc) is 2.01. The van der Waals surface area contributed by atoms with E-state index in [1.807, 2.05) is 0 Å². The van der Waals surface area contributed by atoms with Crippen molar-refractivity contribution < 1.29 is 14.2 Å². The van der Waals surface area contributed by atoms with E-state index in [0.29, 0.717) is 11.3 Å². The molecule has 0 radical (unpaired) electrons. The zero-order valence-electron chi connectivity index (χ0n) is 8.27. The van der Waals surface area contributed by atoms with Crippen LogP contribution in [0.4, 0.5) is 4.39 Å². The molecule has 0 aliphatic rings. The summed E-state index contributed by atoms with van der Waals surface area (Å²) in [5.41, 5.74) is -0.845. The molecule has 0 unspecified atom stereocenters. The standard InChI is InChI=1S/C10H12ClFO2/c1-10(2,13)7-4-6(12)5-8(11)9(7)14-3/h4-5,13H,1-3H3. The highest BCUT2D eigenvalue weighted by Crippen LogP contribution is 2.36. The summed E-state index contributed by atoms with van der Waals surface area (Å²) in [6, 6.07) is 2.36. The first-order valence-electron chi connectivity index (χ1n) is 4.12. The van der Waals surface area contributed by atoms with E-state index in [0.717, 1.165) is 6.07 Å². The van der Waals surface area contributed by atoms with Crippen LogP contribution in [0.25, 0.3) is 0 Å². The zero-order chi connectivity index (χ0) is 10.9. The summed E-state index contributed by atoms with van der Waals surface area (Å²) >= 11 is 5.76. The van der Waals surface area contributed by atoms with Crippen LogP contribution in [-0.4, -0.2) is 12.2 Å². The van der Waals surface area contributed by atoms with Gasteiger partial charge in [0.05, 0.1) is 17.7 Å². The molecule has 0 fully saturated rings. The van der Waals surface area contributed by atoms with Crippen LogP contribution in [0, 0.1) is 5.82 Å². The molecule has 14 heavy (non-hydrogen) atoms. The van der Waals surface area contributed by atoms with E-state index in [-0.39, 0.29) is 5.02 Å². The summed E-state index contributed by atoms with van der Waals surface area (Å²) in [6.45, 7) is 3.08. The minimum absolute atomic E-state index is 0.157. The maximum Gasteiger partial charge on any atom is 0.143 e. The molecule has 0 saturated heterocycles. The highest BCUT2D eigenvalue weighted by Gasteiger charge is 2.23. The summed E-state index contributed by atoms with van der Waals surface area (Å²) in [7, 11) is 1.42. The van der Waals surface area contributed by atoms with Crippen molar-refractivity contribution in [2.45, 2.75) is 19.4 Å². The van der Waals surface area contributed by atoms with E-state index in [9.17, 15) is 9.50 Å². The average molecular weight is 219 g/mol. The Labute approximate surface area is 87.3 Å². The van der Waals surface area contributed by atoms with E-state index >= 15 is 0 Å². The van der Waals surface area contributed by atoms with Gasteiger partial charge in [0.2, 0.25) is 0 Å². The third-order valence-electron chi connectivity index (χ3n) is 1.87. The summed E-state index contributed by atoms with van der Waals surface area (Å²) in [5, 5.41) is 9.90. The van der Waals surface area contributed by atoms with Crippen LogP contribution in [0.1, 0.15) is 19.4 Å². The van der Waals surface area contributed by atoms with E-state index in [2.05, 4.69) is 0 Å². The van der Waals surface area contributed by atoms with Crippen LogP contribution in [0.5, 0.6) is 5.75 Å². The first-order valence-corrected chi connectivity index (χ1v) is 4.50. The lowest BCUT2D eigenvalue weighted by Crippen LogP contribution is -2.17. The van der Waals surface area contributed by atoms with Crippen molar-refractivity contribution in [2.75, 3.05) is 7.11 Å². The smallest absolute Gasteiger partial charge is 0.143 e. The van der Waals surface area contributed by atoms with Crippen LogP contribution in [0.3, 0.4) is 0 Å². The largest absolute Gasteiger partial charge is 0.495 e. The molecule has 2 nitrogen and oxygen atoms in total. The predicted molar refractivity (Wildman–Crippen MR) is 53.2 cm³/mol. The number of methoxy groups -OCH3 is 1. The summed E-state index contributed by atoms with van der Waals surface area (Å²) in [6.07, 6.45) is 0. The van der Waals surface area contributed by atoms with Gasteiger partial charge in [-0.25, -0.2) is 4.39 Å².